The molecule has 0 spiro atoms. The second-order valence-electron chi connectivity index (χ2n) is 5.32. The Labute approximate surface area is 132 Å². The number of hydrogen-bond acceptors (Lipinski definition) is 0. The van der Waals surface area contributed by atoms with Gasteiger partial charge in [-0.15, -0.1) is 0 Å². The Morgan fingerprint density at radius 2 is 1.38 bits per heavy atom. The molecule has 0 N–H and O–H groups in total. The van der Waals surface area contributed by atoms with Gasteiger partial charge < -0.3 is 4.57 Å². The van der Waals surface area contributed by atoms with Crippen LogP contribution in [0.3, 0.4) is 0 Å². The highest BCUT2D eigenvalue weighted by Crippen LogP contribution is 2.33. The Balaban J connectivity index is 2.07. The molecule has 1 nitrogen and oxygen atoms in total. The molecule has 1 heterocycles. The van der Waals surface area contributed by atoms with Gasteiger partial charge in [0.2, 0.25) is 0 Å². The SMILES string of the molecule is Cn1c2ccc(Br)cc2c2cc(-c3ccccc3)ccc21. The average molecular weight is 336 g/mol. The molecule has 1 aromatic heterocycles. The van der Waals surface area contributed by atoms with Crippen molar-refractivity contribution < 1.29 is 0 Å². The summed E-state index contributed by atoms with van der Waals surface area (Å²) in [5.74, 6) is 0. The summed E-state index contributed by atoms with van der Waals surface area (Å²) in [5.41, 5.74) is 5.04. The molecule has 0 amide bonds. The molecule has 3 aromatic carbocycles. The van der Waals surface area contributed by atoms with Crippen LogP contribution in [0, 0.1) is 0 Å². The van der Waals surface area contributed by atoms with Crippen molar-refractivity contribution in [1.82, 2.24) is 4.57 Å². The van der Waals surface area contributed by atoms with Gasteiger partial charge >= 0.3 is 0 Å². The van der Waals surface area contributed by atoms with Gasteiger partial charge in [0.25, 0.3) is 0 Å². The third-order valence-corrected chi connectivity index (χ3v) is 4.57. The summed E-state index contributed by atoms with van der Waals surface area (Å²) in [7, 11) is 2.13. The predicted molar refractivity (Wildman–Crippen MR) is 93.6 cm³/mol. The molecular formula is C19H14BrN. The van der Waals surface area contributed by atoms with Gasteiger partial charge in [-0.05, 0) is 41.5 Å². The van der Waals surface area contributed by atoms with E-state index in [1.165, 1.54) is 32.9 Å². The normalized spacial score (nSPS) is 11.3. The first-order chi connectivity index (χ1) is 10.2. The highest BCUT2D eigenvalue weighted by Gasteiger charge is 2.09. The second-order valence-corrected chi connectivity index (χ2v) is 6.23. The zero-order valence-electron chi connectivity index (χ0n) is 11.7. The molecule has 102 valence electrons. The van der Waals surface area contributed by atoms with Crippen molar-refractivity contribution in [3.63, 3.8) is 0 Å². The maximum Gasteiger partial charge on any atom is 0.0489 e. The molecule has 21 heavy (non-hydrogen) atoms. The quantitative estimate of drug-likeness (QED) is 0.416. The summed E-state index contributed by atoms with van der Waals surface area (Å²) in [4.78, 5) is 0. The molecule has 0 aliphatic carbocycles. The number of nitrogens with zero attached hydrogens (tertiary/aromatic N) is 1. The first-order valence-corrected chi connectivity index (χ1v) is 7.76. The van der Waals surface area contributed by atoms with Gasteiger partial charge in [0.15, 0.2) is 0 Å². The van der Waals surface area contributed by atoms with Crippen LogP contribution in [0.4, 0.5) is 0 Å². The van der Waals surface area contributed by atoms with E-state index < -0.39 is 0 Å². The molecule has 0 radical (unpaired) electrons. The maximum atomic E-state index is 3.58. The summed E-state index contributed by atoms with van der Waals surface area (Å²) in [6.07, 6.45) is 0. The van der Waals surface area contributed by atoms with E-state index in [-0.39, 0.29) is 0 Å². The van der Waals surface area contributed by atoms with Crippen LogP contribution in [-0.2, 0) is 7.05 Å². The number of halogens is 1. The van der Waals surface area contributed by atoms with Crippen molar-refractivity contribution in [1.29, 1.82) is 0 Å². The number of hydrogen-bond donors (Lipinski definition) is 0. The van der Waals surface area contributed by atoms with Crippen molar-refractivity contribution in [2.24, 2.45) is 7.05 Å². The molecule has 0 saturated heterocycles. The first-order valence-electron chi connectivity index (χ1n) is 6.97. The first kappa shape index (κ1) is 12.7. The molecule has 0 aliphatic rings. The zero-order valence-corrected chi connectivity index (χ0v) is 13.3. The Morgan fingerprint density at radius 3 is 2.14 bits per heavy atom. The van der Waals surface area contributed by atoms with Gasteiger partial charge in [0, 0.05) is 33.3 Å². The van der Waals surface area contributed by atoms with Crippen molar-refractivity contribution in [3.05, 3.63) is 71.2 Å². The van der Waals surface area contributed by atoms with Crippen molar-refractivity contribution in [3.8, 4) is 11.1 Å². The number of fused-ring (bicyclic) bond motifs is 3. The van der Waals surface area contributed by atoms with Gasteiger partial charge in [-0.1, -0.05) is 52.3 Å². The van der Waals surface area contributed by atoms with Crippen LogP contribution in [0.5, 0.6) is 0 Å². The predicted octanol–water partition coefficient (Wildman–Crippen LogP) is 5.76. The van der Waals surface area contributed by atoms with Crippen molar-refractivity contribution >= 4 is 37.7 Å². The lowest BCUT2D eigenvalue weighted by Gasteiger charge is -2.02. The average Bonchev–Trinajstić information content (AvgIpc) is 2.80. The van der Waals surface area contributed by atoms with Crippen LogP contribution in [-0.4, -0.2) is 4.57 Å². The van der Waals surface area contributed by atoms with Crippen LogP contribution in [0.2, 0.25) is 0 Å². The fraction of sp³-hybridized carbons (Fsp3) is 0.0526. The van der Waals surface area contributed by atoms with Gasteiger partial charge in [-0.3, -0.25) is 0 Å². The molecule has 0 atom stereocenters. The minimum atomic E-state index is 1.12. The number of aromatic nitrogens is 1. The highest BCUT2D eigenvalue weighted by atomic mass is 79.9. The van der Waals surface area contributed by atoms with Crippen LogP contribution in [0.25, 0.3) is 32.9 Å². The number of benzene rings is 3. The molecule has 0 saturated carbocycles. The minimum Gasteiger partial charge on any atom is -0.344 e. The van der Waals surface area contributed by atoms with Crippen LogP contribution in [0.1, 0.15) is 0 Å². The maximum absolute atomic E-state index is 3.58. The van der Waals surface area contributed by atoms with Gasteiger partial charge in [-0.2, -0.15) is 0 Å². The van der Waals surface area contributed by atoms with Gasteiger partial charge in [0.05, 0.1) is 0 Å². The topological polar surface area (TPSA) is 4.93 Å². The smallest absolute Gasteiger partial charge is 0.0489 e. The lowest BCUT2D eigenvalue weighted by atomic mass is 10.0. The van der Waals surface area contributed by atoms with E-state index in [4.69, 9.17) is 0 Å². The number of rotatable bonds is 1. The van der Waals surface area contributed by atoms with Crippen LogP contribution < -0.4 is 0 Å². The Hall–Kier alpha value is -2.06. The third kappa shape index (κ3) is 1.98. The van der Waals surface area contributed by atoms with E-state index in [9.17, 15) is 0 Å². The lowest BCUT2D eigenvalue weighted by Crippen LogP contribution is -1.86. The standard InChI is InChI=1S/C19H14BrN/c1-21-18-9-7-14(13-5-3-2-4-6-13)11-16(18)17-12-15(20)8-10-19(17)21/h2-12H,1H3. The van der Waals surface area contributed by atoms with Crippen molar-refractivity contribution in [2.75, 3.05) is 0 Å². The Kier molecular flexibility index (Phi) is 2.86. The molecule has 0 aliphatic heterocycles. The van der Waals surface area contributed by atoms with E-state index >= 15 is 0 Å². The van der Waals surface area contributed by atoms with Crippen LogP contribution >= 0.6 is 15.9 Å². The minimum absolute atomic E-state index is 1.12. The zero-order chi connectivity index (χ0) is 14.4. The largest absolute Gasteiger partial charge is 0.344 e. The fourth-order valence-corrected chi connectivity index (χ4v) is 3.36. The van der Waals surface area contributed by atoms with E-state index in [0.717, 1.165) is 4.47 Å². The summed E-state index contributed by atoms with van der Waals surface area (Å²) in [6.45, 7) is 0. The summed E-state index contributed by atoms with van der Waals surface area (Å²) in [5, 5.41) is 2.59. The van der Waals surface area contributed by atoms with Crippen molar-refractivity contribution in [2.45, 2.75) is 0 Å². The molecule has 2 heteroatoms. The summed E-state index contributed by atoms with van der Waals surface area (Å²) >= 11 is 3.58. The fourth-order valence-electron chi connectivity index (χ4n) is 3.00. The van der Waals surface area contributed by atoms with Gasteiger partial charge in [-0.25, -0.2) is 0 Å². The van der Waals surface area contributed by atoms with E-state index in [2.05, 4.69) is 94.3 Å². The molecule has 0 bridgehead atoms. The Morgan fingerprint density at radius 1 is 0.714 bits per heavy atom. The molecule has 0 fully saturated rings. The molecule has 0 unspecified atom stereocenters. The van der Waals surface area contributed by atoms with E-state index in [1.807, 2.05) is 0 Å². The van der Waals surface area contributed by atoms with E-state index in [1.54, 1.807) is 0 Å². The summed E-state index contributed by atoms with van der Waals surface area (Å²) < 4.78 is 3.37. The molecule has 4 aromatic rings. The lowest BCUT2D eigenvalue weighted by molar-refractivity contribution is 1.01. The summed E-state index contributed by atoms with van der Waals surface area (Å²) in [6, 6.07) is 23.7. The molecule has 4 rings (SSSR count). The second kappa shape index (κ2) is 4.74. The van der Waals surface area contributed by atoms with Gasteiger partial charge in [0.1, 0.15) is 0 Å². The third-order valence-electron chi connectivity index (χ3n) is 4.08. The monoisotopic (exact) mass is 335 g/mol. The number of aryl methyl sites for hydroxylation is 1. The molecular weight excluding hydrogens is 322 g/mol. The highest BCUT2D eigenvalue weighted by molar-refractivity contribution is 9.10. The Bertz CT molecular complexity index is 952. The van der Waals surface area contributed by atoms with E-state index in [0.29, 0.717) is 0 Å². The van der Waals surface area contributed by atoms with Crippen LogP contribution in [0.15, 0.2) is 71.2 Å².